The minimum atomic E-state index is -4.09. The third-order valence-corrected chi connectivity index (χ3v) is 7.05. The van der Waals surface area contributed by atoms with Crippen LogP contribution in [0.3, 0.4) is 0 Å². The van der Waals surface area contributed by atoms with Gasteiger partial charge in [0.15, 0.2) is 6.10 Å². The first-order valence-corrected chi connectivity index (χ1v) is 11.9. The van der Waals surface area contributed by atoms with Gasteiger partial charge in [0.2, 0.25) is 15.9 Å². The van der Waals surface area contributed by atoms with E-state index in [0.717, 1.165) is 22.2 Å². The molecule has 3 aromatic rings. The van der Waals surface area contributed by atoms with Crippen molar-refractivity contribution in [3.63, 3.8) is 0 Å². The molecule has 2 heterocycles. The topological polar surface area (TPSA) is 158 Å². The summed E-state index contributed by atoms with van der Waals surface area (Å²) in [6.45, 7) is 1.88. The standard InChI is InChI=1S/C23H23N3O7S/c1-13-10-14(17-4-2-3-5-18(17)25-13)11-32-15-6-8-16(9-7-15)34(30,31)26-19-12-33-21(22(24)27)20(19)23(28)29/h2-10,19-21,26H,11-12H2,1H3,(H2,24,27)(H,28,29)/t19-,20-,21?/m0/s1. The molecule has 0 radical (unpaired) electrons. The predicted octanol–water partition coefficient (Wildman–Crippen LogP) is 1.35. The average Bonchev–Trinajstić information content (AvgIpc) is 3.21. The highest BCUT2D eigenvalue weighted by molar-refractivity contribution is 7.89. The number of nitrogens with zero attached hydrogens (tertiary/aromatic N) is 1. The molecule has 3 atom stereocenters. The molecule has 0 aliphatic carbocycles. The number of carboxylic acid groups (broad SMARTS) is 1. The summed E-state index contributed by atoms with van der Waals surface area (Å²) in [5.74, 6) is -3.31. The van der Waals surface area contributed by atoms with Gasteiger partial charge in [0, 0.05) is 16.6 Å². The first-order chi connectivity index (χ1) is 16.2. The van der Waals surface area contributed by atoms with E-state index in [1.165, 1.54) is 24.3 Å². The lowest BCUT2D eigenvalue weighted by molar-refractivity contribution is -0.147. The van der Waals surface area contributed by atoms with Crippen molar-refractivity contribution in [2.24, 2.45) is 11.7 Å². The number of hydrogen-bond donors (Lipinski definition) is 3. The van der Waals surface area contributed by atoms with E-state index in [1.54, 1.807) is 0 Å². The fourth-order valence-corrected chi connectivity index (χ4v) is 5.20. The highest BCUT2D eigenvalue weighted by Crippen LogP contribution is 2.25. The molecule has 1 aliphatic rings. The monoisotopic (exact) mass is 485 g/mol. The summed E-state index contributed by atoms with van der Waals surface area (Å²) in [5.41, 5.74) is 7.84. The first-order valence-electron chi connectivity index (χ1n) is 10.4. The maximum Gasteiger partial charge on any atom is 0.311 e. The summed E-state index contributed by atoms with van der Waals surface area (Å²) in [7, 11) is -4.09. The Labute approximate surface area is 195 Å². The number of ether oxygens (including phenoxy) is 2. The van der Waals surface area contributed by atoms with Gasteiger partial charge in [-0.1, -0.05) is 18.2 Å². The number of primary amides is 1. The summed E-state index contributed by atoms with van der Waals surface area (Å²) in [4.78, 5) is 27.4. The molecule has 4 rings (SSSR count). The van der Waals surface area contributed by atoms with Gasteiger partial charge in [-0.2, -0.15) is 0 Å². The van der Waals surface area contributed by atoms with Gasteiger partial charge in [0.1, 0.15) is 18.3 Å². The second kappa shape index (κ2) is 9.37. The van der Waals surface area contributed by atoms with E-state index < -0.39 is 40.0 Å². The number of aromatic nitrogens is 1. The van der Waals surface area contributed by atoms with E-state index >= 15 is 0 Å². The highest BCUT2D eigenvalue weighted by atomic mass is 32.2. The molecule has 4 N–H and O–H groups in total. The average molecular weight is 486 g/mol. The fourth-order valence-electron chi connectivity index (χ4n) is 3.95. The van der Waals surface area contributed by atoms with Gasteiger partial charge < -0.3 is 20.3 Å². The first kappa shape index (κ1) is 23.6. The van der Waals surface area contributed by atoms with Crippen molar-refractivity contribution in [2.75, 3.05) is 6.61 Å². The molecule has 34 heavy (non-hydrogen) atoms. The molecule has 2 aromatic carbocycles. The zero-order valence-corrected chi connectivity index (χ0v) is 19.0. The number of para-hydroxylation sites is 1. The molecule has 11 heteroatoms. The number of fused-ring (bicyclic) bond motifs is 1. The van der Waals surface area contributed by atoms with Gasteiger partial charge in [-0.3, -0.25) is 14.6 Å². The van der Waals surface area contributed by atoms with Crippen LogP contribution in [0.4, 0.5) is 0 Å². The van der Waals surface area contributed by atoms with Crippen molar-refractivity contribution < 1.29 is 32.6 Å². The van der Waals surface area contributed by atoms with E-state index in [2.05, 4.69) is 9.71 Å². The van der Waals surface area contributed by atoms with Crippen molar-refractivity contribution in [3.05, 3.63) is 65.9 Å². The van der Waals surface area contributed by atoms with Gasteiger partial charge in [-0.15, -0.1) is 0 Å². The van der Waals surface area contributed by atoms with E-state index in [9.17, 15) is 23.1 Å². The third kappa shape index (κ3) is 4.86. The minimum Gasteiger partial charge on any atom is -0.489 e. The van der Waals surface area contributed by atoms with E-state index in [0.29, 0.717) is 5.75 Å². The van der Waals surface area contributed by atoms with Crippen molar-refractivity contribution in [3.8, 4) is 5.75 Å². The molecule has 10 nitrogen and oxygen atoms in total. The molecular weight excluding hydrogens is 462 g/mol. The lowest BCUT2D eigenvalue weighted by Crippen LogP contribution is -2.47. The number of carboxylic acids is 1. The zero-order valence-electron chi connectivity index (χ0n) is 18.2. The Balaban J connectivity index is 1.46. The van der Waals surface area contributed by atoms with Crippen molar-refractivity contribution >= 4 is 32.8 Å². The smallest absolute Gasteiger partial charge is 0.311 e. The number of sulfonamides is 1. The lowest BCUT2D eigenvalue weighted by Gasteiger charge is -2.18. The molecule has 1 aliphatic heterocycles. The number of carbonyl (C=O) groups excluding carboxylic acids is 1. The lowest BCUT2D eigenvalue weighted by atomic mass is 9.97. The zero-order chi connectivity index (χ0) is 24.5. The molecule has 1 aromatic heterocycles. The van der Waals surface area contributed by atoms with Gasteiger partial charge in [0.25, 0.3) is 0 Å². The van der Waals surface area contributed by atoms with Crippen LogP contribution in [0, 0.1) is 12.8 Å². The largest absolute Gasteiger partial charge is 0.489 e. The second-order valence-electron chi connectivity index (χ2n) is 7.95. The SMILES string of the molecule is Cc1cc(COc2ccc(S(=O)(=O)N[C@H]3COC(C(N)=O)[C@H]3C(=O)O)cc2)c2ccccc2n1. The molecule has 178 valence electrons. The molecule has 1 amide bonds. The van der Waals surface area contributed by atoms with Crippen LogP contribution in [-0.4, -0.2) is 49.1 Å². The Morgan fingerprint density at radius 3 is 2.59 bits per heavy atom. The summed E-state index contributed by atoms with van der Waals surface area (Å²) in [5, 5.41) is 10.4. The van der Waals surface area contributed by atoms with Crippen LogP contribution in [0.1, 0.15) is 11.3 Å². The normalized spacial score (nSPS) is 20.3. The number of rotatable bonds is 8. The number of benzene rings is 2. The Bertz CT molecular complexity index is 1340. The Kier molecular flexibility index (Phi) is 6.51. The molecule has 1 unspecified atom stereocenters. The van der Waals surface area contributed by atoms with Crippen LogP contribution in [0.25, 0.3) is 10.9 Å². The summed E-state index contributed by atoms with van der Waals surface area (Å²) >= 11 is 0. The molecule has 1 saturated heterocycles. The number of pyridine rings is 1. The minimum absolute atomic E-state index is 0.0864. The maximum atomic E-state index is 12.8. The molecule has 1 fully saturated rings. The van der Waals surface area contributed by atoms with Gasteiger partial charge in [-0.05, 0) is 43.3 Å². The van der Waals surface area contributed by atoms with Gasteiger partial charge in [0.05, 0.1) is 23.1 Å². The van der Waals surface area contributed by atoms with E-state index in [-0.39, 0.29) is 18.1 Å². The van der Waals surface area contributed by atoms with Crippen LogP contribution >= 0.6 is 0 Å². The summed E-state index contributed by atoms with van der Waals surface area (Å²) < 4.78 is 38.8. The van der Waals surface area contributed by atoms with Crippen LogP contribution < -0.4 is 15.2 Å². The van der Waals surface area contributed by atoms with Crippen LogP contribution in [0.15, 0.2) is 59.5 Å². The number of nitrogens with two attached hydrogens (primary N) is 1. The quantitative estimate of drug-likeness (QED) is 0.431. The summed E-state index contributed by atoms with van der Waals surface area (Å²) in [6, 6.07) is 14.2. The van der Waals surface area contributed by atoms with E-state index in [4.69, 9.17) is 15.2 Å². The predicted molar refractivity (Wildman–Crippen MR) is 121 cm³/mol. The molecule has 0 spiro atoms. The Morgan fingerprint density at radius 1 is 1.21 bits per heavy atom. The third-order valence-electron chi connectivity index (χ3n) is 5.55. The summed E-state index contributed by atoms with van der Waals surface area (Å²) in [6.07, 6.45) is -1.41. The van der Waals surface area contributed by atoms with Crippen LogP contribution in [-0.2, 0) is 31.0 Å². The second-order valence-corrected chi connectivity index (χ2v) is 9.66. The van der Waals surface area contributed by atoms with Gasteiger partial charge in [-0.25, -0.2) is 13.1 Å². The number of amides is 1. The number of hydrogen-bond acceptors (Lipinski definition) is 7. The van der Waals surface area contributed by atoms with Crippen LogP contribution in [0.5, 0.6) is 5.75 Å². The Hall–Kier alpha value is -3.54. The van der Waals surface area contributed by atoms with E-state index in [1.807, 2.05) is 37.3 Å². The highest BCUT2D eigenvalue weighted by Gasteiger charge is 2.47. The molecule has 0 saturated carbocycles. The van der Waals surface area contributed by atoms with Gasteiger partial charge >= 0.3 is 5.97 Å². The Morgan fingerprint density at radius 2 is 1.91 bits per heavy atom. The molecule has 0 bridgehead atoms. The van der Waals surface area contributed by atoms with Crippen molar-refractivity contribution in [1.29, 1.82) is 0 Å². The number of aryl methyl sites for hydroxylation is 1. The number of carbonyl (C=O) groups is 2. The van der Waals surface area contributed by atoms with Crippen molar-refractivity contribution in [1.82, 2.24) is 9.71 Å². The van der Waals surface area contributed by atoms with Crippen molar-refractivity contribution in [2.45, 2.75) is 30.6 Å². The number of aliphatic carboxylic acids is 1. The number of nitrogens with one attached hydrogen (secondary N) is 1. The van der Waals surface area contributed by atoms with Crippen LogP contribution in [0.2, 0.25) is 0 Å². The maximum absolute atomic E-state index is 12.8. The fraction of sp³-hybridized carbons (Fsp3) is 0.261. The molecular formula is C23H23N3O7S.